The highest BCUT2D eigenvalue weighted by Crippen LogP contribution is 2.34. The summed E-state index contributed by atoms with van der Waals surface area (Å²) in [5.74, 6) is -0.844. The molecule has 0 radical (unpaired) electrons. The topological polar surface area (TPSA) is 93.9 Å². The number of nitrogens with zero attached hydrogens (tertiary/aromatic N) is 3. The lowest BCUT2D eigenvalue weighted by atomic mass is 10.1. The van der Waals surface area contributed by atoms with E-state index in [-0.39, 0.29) is 6.61 Å². The van der Waals surface area contributed by atoms with Crippen LogP contribution in [0.4, 0.5) is 5.82 Å². The third-order valence-corrected chi connectivity index (χ3v) is 3.85. The Morgan fingerprint density at radius 1 is 1.46 bits per heavy atom. The lowest BCUT2D eigenvalue weighted by Crippen LogP contribution is -2.55. The molecule has 2 aliphatic rings. The van der Waals surface area contributed by atoms with Crippen LogP contribution < -0.4 is 4.90 Å². The molecule has 1 aromatic rings. The second-order valence-electron chi connectivity index (χ2n) is 7.14. The summed E-state index contributed by atoms with van der Waals surface area (Å²) in [6, 6.07) is 2.18. The maximum absolute atomic E-state index is 12.6. The quantitative estimate of drug-likeness (QED) is 0.811. The first-order valence-corrected chi connectivity index (χ1v) is 8.15. The van der Waals surface area contributed by atoms with Crippen molar-refractivity contribution >= 4 is 17.7 Å². The van der Waals surface area contributed by atoms with Crippen molar-refractivity contribution < 1.29 is 24.2 Å². The van der Waals surface area contributed by atoms with Crippen molar-refractivity contribution in [1.82, 2.24) is 9.78 Å². The van der Waals surface area contributed by atoms with E-state index in [2.05, 4.69) is 5.10 Å². The Hall–Kier alpha value is -1.93. The second kappa shape index (κ2) is 6.18. The molecule has 2 atom stereocenters. The molecule has 2 heterocycles. The van der Waals surface area contributed by atoms with Gasteiger partial charge in [-0.25, -0.2) is 4.79 Å². The minimum Gasteiger partial charge on any atom is -0.458 e. The molecule has 2 fully saturated rings. The van der Waals surface area contributed by atoms with Crippen LogP contribution in [0.5, 0.6) is 0 Å². The first kappa shape index (κ1) is 16.9. The summed E-state index contributed by atoms with van der Waals surface area (Å²) in [5.41, 5.74) is -0.751. The van der Waals surface area contributed by atoms with Gasteiger partial charge in [0.2, 0.25) is 0 Å². The molecule has 3 rings (SSSR count). The van der Waals surface area contributed by atoms with E-state index >= 15 is 0 Å². The van der Waals surface area contributed by atoms with Gasteiger partial charge in [-0.05, 0) is 33.6 Å². The van der Waals surface area contributed by atoms with Crippen LogP contribution >= 0.6 is 0 Å². The number of carbonyl (C=O) groups excluding carboxylic acids is 2. The number of esters is 1. The molecule has 8 heteroatoms. The van der Waals surface area contributed by atoms with Crippen molar-refractivity contribution in [2.75, 3.05) is 18.1 Å². The Morgan fingerprint density at radius 2 is 2.17 bits per heavy atom. The van der Waals surface area contributed by atoms with Gasteiger partial charge in [0.1, 0.15) is 5.60 Å². The third-order valence-electron chi connectivity index (χ3n) is 3.85. The van der Waals surface area contributed by atoms with E-state index in [4.69, 9.17) is 9.47 Å². The fourth-order valence-corrected chi connectivity index (χ4v) is 2.56. The molecule has 1 N–H and O–H groups in total. The first-order valence-electron chi connectivity index (χ1n) is 8.15. The van der Waals surface area contributed by atoms with E-state index in [0.717, 1.165) is 12.8 Å². The van der Waals surface area contributed by atoms with Crippen LogP contribution in [0.1, 0.15) is 39.7 Å². The molecule has 1 saturated carbocycles. The number of rotatable bonds is 4. The summed E-state index contributed by atoms with van der Waals surface area (Å²) in [4.78, 5) is 26.1. The van der Waals surface area contributed by atoms with Crippen LogP contribution in [-0.2, 0) is 19.1 Å². The Labute approximate surface area is 140 Å². The maximum Gasteiger partial charge on any atom is 0.338 e. The van der Waals surface area contributed by atoms with Crippen LogP contribution in [0.2, 0.25) is 0 Å². The highest BCUT2D eigenvalue weighted by atomic mass is 16.6. The highest BCUT2D eigenvalue weighted by Gasteiger charge is 2.41. The number of aliphatic hydroxyl groups is 1. The molecule has 1 amide bonds. The maximum atomic E-state index is 12.6. The van der Waals surface area contributed by atoms with Crippen LogP contribution in [0.3, 0.4) is 0 Å². The second-order valence-corrected chi connectivity index (χ2v) is 7.14. The van der Waals surface area contributed by atoms with Gasteiger partial charge >= 0.3 is 5.97 Å². The number of hydrogen-bond donors (Lipinski definition) is 1. The Morgan fingerprint density at radius 3 is 2.79 bits per heavy atom. The molecule has 8 nitrogen and oxygen atoms in total. The molecule has 0 unspecified atom stereocenters. The normalized spacial score (nSPS) is 23.2. The predicted molar refractivity (Wildman–Crippen MR) is 84.4 cm³/mol. The number of aliphatic hydroxyl groups excluding tert-OH is 1. The molecule has 1 aliphatic carbocycles. The lowest BCUT2D eigenvalue weighted by molar-refractivity contribution is -0.177. The molecule has 1 saturated heterocycles. The number of morpholine rings is 1. The third kappa shape index (κ3) is 3.59. The standard InChI is InChI=1S/C16H23N3O5/c1-16(2,3)24-15(22)12(20)13-14(21)18(8-9-23-13)11-6-7-19(17-11)10-4-5-10/h6-7,10,12-13,20H,4-5,8-9H2,1-3H3/t12-,13-/m1/s1. The molecule has 0 bridgehead atoms. The molecule has 1 aliphatic heterocycles. The van der Waals surface area contributed by atoms with Gasteiger partial charge < -0.3 is 14.6 Å². The number of anilines is 1. The van der Waals surface area contributed by atoms with Gasteiger partial charge in [0, 0.05) is 12.3 Å². The van der Waals surface area contributed by atoms with Crippen LogP contribution in [0, 0.1) is 0 Å². The number of aromatic nitrogens is 2. The summed E-state index contributed by atoms with van der Waals surface area (Å²) in [6.45, 7) is 5.62. The Bertz CT molecular complexity index is 632. The monoisotopic (exact) mass is 337 g/mol. The SMILES string of the molecule is CC(C)(C)OC(=O)[C@H](O)[C@H]1OCCN(c2ccn(C3CC3)n2)C1=O. The van der Waals surface area contributed by atoms with Gasteiger partial charge in [0.05, 0.1) is 19.2 Å². The van der Waals surface area contributed by atoms with E-state index in [1.807, 2.05) is 10.9 Å². The lowest BCUT2D eigenvalue weighted by Gasteiger charge is -2.33. The van der Waals surface area contributed by atoms with Crippen molar-refractivity contribution in [3.8, 4) is 0 Å². The van der Waals surface area contributed by atoms with Gasteiger partial charge in [-0.2, -0.15) is 5.10 Å². The largest absolute Gasteiger partial charge is 0.458 e. The molecular formula is C16H23N3O5. The first-order chi connectivity index (χ1) is 11.3. The van der Waals surface area contributed by atoms with Crippen molar-refractivity contribution in [3.05, 3.63) is 12.3 Å². The number of amides is 1. The Kier molecular flexibility index (Phi) is 4.35. The van der Waals surface area contributed by atoms with E-state index in [9.17, 15) is 14.7 Å². The van der Waals surface area contributed by atoms with Gasteiger partial charge in [0.15, 0.2) is 18.0 Å². The average molecular weight is 337 g/mol. The summed E-state index contributed by atoms with van der Waals surface area (Å²) < 4.78 is 12.3. The summed E-state index contributed by atoms with van der Waals surface area (Å²) in [7, 11) is 0. The number of carbonyl (C=O) groups is 2. The zero-order chi connectivity index (χ0) is 17.5. The molecule has 1 aromatic heterocycles. The predicted octanol–water partition coefficient (Wildman–Crippen LogP) is 0.652. The zero-order valence-electron chi connectivity index (χ0n) is 14.1. The minimum absolute atomic E-state index is 0.215. The number of hydrogen-bond acceptors (Lipinski definition) is 6. The van der Waals surface area contributed by atoms with Crippen LogP contribution in [0.15, 0.2) is 12.3 Å². The molecule has 0 aromatic carbocycles. The summed E-state index contributed by atoms with van der Waals surface area (Å²) in [5, 5.41) is 14.6. The van der Waals surface area contributed by atoms with E-state index < -0.39 is 29.7 Å². The molecule has 0 spiro atoms. The zero-order valence-corrected chi connectivity index (χ0v) is 14.1. The van der Waals surface area contributed by atoms with E-state index in [1.54, 1.807) is 26.8 Å². The molecule has 132 valence electrons. The molecule has 24 heavy (non-hydrogen) atoms. The van der Waals surface area contributed by atoms with Crippen molar-refractivity contribution in [1.29, 1.82) is 0 Å². The van der Waals surface area contributed by atoms with E-state index in [1.165, 1.54) is 4.90 Å². The van der Waals surface area contributed by atoms with E-state index in [0.29, 0.717) is 18.4 Å². The molecular weight excluding hydrogens is 314 g/mol. The summed E-state index contributed by atoms with van der Waals surface area (Å²) >= 11 is 0. The fourth-order valence-electron chi connectivity index (χ4n) is 2.56. The van der Waals surface area contributed by atoms with Crippen LogP contribution in [0.25, 0.3) is 0 Å². The van der Waals surface area contributed by atoms with Crippen molar-refractivity contribution in [3.63, 3.8) is 0 Å². The van der Waals surface area contributed by atoms with Crippen molar-refractivity contribution in [2.45, 2.75) is 57.5 Å². The highest BCUT2D eigenvalue weighted by molar-refractivity contribution is 5.99. The smallest absolute Gasteiger partial charge is 0.338 e. The average Bonchev–Trinajstić information content (AvgIpc) is 3.23. The Balaban J connectivity index is 1.70. The summed E-state index contributed by atoms with van der Waals surface area (Å²) in [6.07, 6.45) is 1.09. The van der Waals surface area contributed by atoms with Gasteiger partial charge in [-0.3, -0.25) is 14.4 Å². The number of ether oxygens (including phenoxy) is 2. The minimum atomic E-state index is -1.66. The van der Waals surface area contributed by atoms with Gasteiger partial charge in [0.25, 0.3) is 5.91 Å². The fraction of sp³-hybridized carbons (Fsp3) is 0.688. The van der Waals surface area contributed by atoms with Crippen molar-refractivity contribution in [2.24, 2.45) is 0 Å². The van der Waals surface area contributed by atoms with Crippen LogP contribution in [-0.4, -0.2) is 57.7 Å². The van der Waals surface area contributed by atoms with Gasteiger partial charge in [-0.1, -0.05) is 0 Å². The van der Waals surface area contributed by atoms with Gasteiger partial charge in [-0.15, -0.1) is 0 Å².